The molecule has 174 valence electrons. The summed E-state index contributed by atoms with van der Waals surface area (Å²) in [6.45, 7) is 6.33. The zero-order chi connectivity index (χ0) is 23.4. The Kier molecular flexibility index (Phi) is 7.71. The molecule has 0 atom stereocenters. The molecule has 0 aliphatic heterocycles. The lowest BCUT2D eigenvalue weighted by molar-refractivity contribution is -0.113. The number of thioether (sulfide) groups is 1. The molecule has 1 N–H and O–H groups in total. The number of amides is 1. The number of esters is 1. The first-order chi connectivity index (χ1) is 16.0. The number of hydrogen-bond acceptors (Lipinski definition) is 8. The number of fused-ring (bicyclic) bond motifs is 1. The first-order valence-electron chi connectivity index (χ1n) is 10.6. The maximum atomic E-state index is 12.8. The van der Waals surface area contributed by atoms with Gasteiger partial charge in [0.25, 0.3) is 0 Å². The van der Waals surface area contributed by atoms with Gasteiger partial charge in [-0.25, -0.2) is 4.79 Å². The molecule has 8 nitrogen and oxygen atoms in total. The lowest BCUT2D eigenvalue weighted by atomic mass is 9.95. The Labute approximate surface area is 207 Å². The monoisotopic (exact) mass is 550 g/mol. The number of thiophene rings is 1. The van der Waals surface area contributed by atoms with Crippen LogP contribution >= 0.6 is 39.0 Å². The highest BCUT2D eigenvalue weighted by Gasteiger charge is 2.27. The Morgan fingerprint density at radius 1 is 1.36 bits per heavy atom. The topological polar surface area (TPSA) is 99.2 Å². The highest BCUT2D eigenvalue weighted by Crippen LogP contribution is 2.38. The molecule has 0 fully saturated rings. The molecule has 1 aliphatic rings. The summed E-state index contributed by atoms with van der Waals surface area (Å²) < 4.78 is 13.3. The molecule has 33 heavy (non-hydrogen) atoms. The van der Waals surface area contributed by atoms with Crippen LogP contribution in [0.5, 0.6) is 0 Å². The minimum Gasteiger partial charge on any atom is -0.462 e. The standard InChI is InChI=1S/C22H23BrN4O4S2/c1-3-11-27-19(14-9-10-16(23)31-14)25-26-22(27)32-12-17(28)24-20-18(21(29)30-4-2)13-7-5-6-8-15(13)33-20/h3,9-10H,1,4-8,11-12H2,2H3,(H,24,28). The fraction of sp³-hybridized carbons (Fsp3) is 0.364. The van der Waals surface area contributed by atoms with E-state index >= 15 is 0 Å². The zero-order valence-electron chi connectivity index (χ0n) is 18.1. The van der Waals surface area contributed by atoms with Crippen LogP contribution in [0.3, 0.4) is 0 Å². The van der Waals surface area contributed by atoms with Gasteiger partial charge in [0.2, 0.25) is 11.7 Å². The van der Waals surface area contributed by atoms with Crippen LogP contribution in [0.15, 0.2) is 39.0 Å². The number of aryl methyl sites for hydroxylation is 1. The van der Waals surface area contributed by atoms with Crippen molar-refractivity contribution in [2.45, 2.75) is 44.3 Å². The molecule has 11 heteroatoms. The van der Waals surface area contributed by atoms with E-state index in [2.05, 4.69) is 38.0 Å². The molecule has 1 amide bonds. The predicted octanol–water partition coefficient (Wildman–Crippen LogP) is 5.33. The molecular formula is C22H23BrN4O4S2. The van der Waals surface area contributed by atoms with Crippen molar-refractivity contribution in [1.82, 2.24) is 14.8 Å². The van der Waals surface area contributed by atoms with Gasteiger partial charge >= 0.3 is 5.97 Å². The number of halogens is 1. The smallest absolute Gasteiger partial charge is 0.341 e. The largest absolute Gasteiger partial charge is 0.462 e. The Hall–Kier alpha value is -2.37. The number of nitrogens with zero attached hydrogens (tertiary/aromatic N) is 3. The number of allylic oxidation sites excluding steroid dienone is 1. The summed E-state index contributed by atoms with van der Waals surface area (Å²) in [6.07, 6.45) is 5.62. The summed E-state index contributed by atoms with van der Waals surface area (Å²) in [4.78, 5) is 26.6. The van der Waals surface area contributed by atoms with Crippen molar-refractivity contribution in [3.63, 3.8) is 0 Å². The van der Waals surface area contributed by atoms with E-state index in [0.717, 1.165) is 36.1 Å². The quantitative estimate of drug-likeness (QED) is 0.218. The third-order valence-electron chi connectivity index (χ3n) is 5.06. The average Bonchev–Trinajstić information content (AvgIpc) is 3.49. The van der Waals surface area contributed by atoms with Gasteiger partial charge in [-0.3, -0.25) is 9.36 Å². The second kappa shape index (κ2) is 10.7. The van der Waals surface area contributed by atoms with E-state index in [9.17, 15) is 9.59 Å². The van der Waals surface area contributed by atoms with Gasteiger partial charge in [0.05, 0.1) is 17.9 Å². The van der Waals surface area contributed by atoms with E-state index in [1.165, 1.54) is 23.1 Å². The number of aromatic nitrogens is 3. The van der Waals surface area contributed by atoms with Gasteiger partial charge in [-0.1, -0.05) is 17.8 Å². The van der Waals surface area contributed by atoms with E-state index in [1.807, 2.05) is 4.57 Å². The Morgan fingerprint density at radius 2 is 2.18 bits per heavy atom. The molecule has 0 saturated carbocycles. The van der Waals surface area contributed by atoms with E-state index in [0.29, 0.717) is 45.1 Å². The number of nitrogens with one attached hydrogen (secondary N) is 1. The average molecular weight is 551 g/mol. The summed E-state index contributed by atoms with van der Waals surface area (Å²) in [5.41, 5.74) is 1.53. The number of rotatable bonds is 9. The Morgan fingerprint density at radius 3 is 2.91 bits per heavy atom. The van der Waals surface area contributed by atoms with Crippen LogP contribution in [0, 0.1) is 0 Å². The molecule has 1 aliphatic carbocycles. The molecule has 0 radical (unpaired) electrons. The fourth-order valence-electron chi connectivity index (χ4n) is 3.67. The van der Waals surface area contributed by atoms with Crippen LogP contribution in [-0.2, 0) is 28.9 Å². The van der Waals surface area contributed by atoms with E-state index < -0.39 is 0 Å². The van der Waals surface area contributed by atoms with Crippen LogP contribution in [0.25, 0.3) is 11.6 Å². The van der Waals surface area contributed by atoms with Crippen molar-refractivity contribution in [3.8, 4) is 11.6 Å². The number of ether oxygens (including phenoxy) is 1. The summed E-state index contributed by atoms with van der Waals surface area (Å²) in [6, 6.07) is 3.58. The van der Waals surface area contributed by atoms with Gasteiger partial charge in [0.15, 0.2) is 15.6 Å². The normalized spacial score (nSPS) is 12.9. The zero-order valence-corrected chi connectivity index (χ0v) is 21.3. The first-order valence-corrected chi connectivity index (χ1v) is 13.2. The van der Waals surface area contributed by atoms with Crippen molar-refractivity contribution in [3.05, 3.63) is 45.5 Å². The van der Waals surface area contributed by atoms with Gasteiger partial charge in [-0.05, 0) is 66.2 Å². The second-order valence-corrected chi connectivity index (χ2v) is 10.1. The molecule has 3 aromatic heterocycles. The second-order valence-electron chi connectivity index (χ2n) is 7.28. The Balaban J connectivity index is 1.49. The number of hydrogen-bond donors (Lipinski definition) is 1. The number of carbonyl (C=O) groups is 2. The maximum absolute atomic E-state index is 12.8. The van der Waals surface area contributed by atoms with Gasteiger partial charge in [0, 0.05) is 11.4 Å². The predicted molar refractivity (Wildman–Crippen MR) is 132 cm³/mol. The van der Waals surface area contributed by atoms with Crippen LogP contribution < -0.4 is 5.32 Å². The van der Waals surface area contributed by atoms with Crippen molar-refractivity contribution >= 4 is 55.9 Å². The molecule has 4 rings (SSSR count). The highest BCUT2D eigenvalue weighted by molar-refractivity contribution is 9.10. The van der Waals surface area contributed by atoms with Gasteiger partial charge in [-0.15, -0.1) is 28.1 Å². The molecular weight excluding hydrogens is 528 g/mol. The van der Waals surface area contributed by atoms with E-state index in [1.54, 1.807) is 25.1 Å². The number of carbonyl (C=O) groups excluding carboxylic acids is 2. The molecule has 0 saturated heterocycles. The van der Waals surface area contributed by atoms with Crippen molar-refractivity contribution in [1.29, 1.82) is 0 Å². The minimum absolute atomic E-state index is 0.113. The lowest BCUT2D eigenvalue weighted by Gasteiger charge is -2.12. The Bertz CT molecular complexity index is 1180. The number of furan rings is 1. The van der Waals surface area contributed by atoms with E-state index in [4.69, 9.17) is 9.15 Å². The van der Waals surface area contributed by atoms with Crippen molar-refractivity contribution < 1.29 is 18.7 Å². The SMILES string of the molecule is C=CCn1c(SCC(=O)Nc2sc3c(c2C(=O)OCC)CCCC3)nnc1-c1ccc(Br)o1. The van der Waals surface area contributed by atoms with Crippen LogP contribution in [0.4, 0.5) is 5.00 Å². The molecule has 0 aromatic carbocycles. The fourth-order valence-corrected chi connectivity index (χ4v) is 6.02. The van der Waals surface area contributed by atoms with Gasteiger partial charge in [-0.2, -0.15) is 0 Å². The highest BCUT2D eigenvalue weighted by atomic mass is 79.9. The maximum Gasteiger partial charge on any atom is 0.341 e. The molecule has 0 spiro atoms. The molecule has 0 unspecified atom stereocenters. The first kappa shape index (κ1) is 23.8. The van der Waals surface area contributed by atoms with Crippen molar-refractivity contribution in [2.24, 2.45) is 0 Å². The third kappa shape index (κ3) is 5.25. The molecule has 0 bridgehead atoms. The summed E-state index contributed by atoms with van der Waals surface area (Å²) in [5.74, 6) is 0.635. The van der Waals surface area contributed by atoms with Gasteiger partial charge < -0.3 is 14.5 Å². The lowest BCUT2D eigenvalue weighted by Crippen LogP contribution is -2.17. The van der Waals surface area contributed by atoms with Crippen LogP contribution in [0.1, 0.15) is 40.6 Å². The summed E-state index contributed by atoms with van der Waals surface area (Å²) in [5, 5.41) is 12.5. The third-order valence-corrected chi connectivity index (χ3v) is 7.66. The van der Waals surface area contributed by atoms with Gasteiger partial charge in [0.1, 0.15) is 5.00 Å². The number of anilines is 1. The van der Waals surface area contributed by atoms with Crippen molar-refractivity contribution in [2.75, 3.05) is 17.7 Å². The molecule has 3 aromatic rings. The molecule has 3 heterocycles. The summed E-state index contributed by atoms with van der Waals surface area (Å²) in [7, 11) is 0. The van der Waals surface area contributed by atoms with E-state index in [-0.39, 0.29) is 17.6 Å². The summed E-state index contributed by atoms with van der Waals surface area (Å²) >= 11 is 6.03. The minimum atomic E-state index is -0.375. The van der Waals surface area contributed by atoms with Crippen LogP contribution in [0.2, 0.25) is 0 Å². The van der Waals surface area contributed by atoms with Crippen LogP contribution in [-0.4, -0.2) is 39.0 Å².